The van der Waals surface area contributed by atoms with Gasteiger partial charge in [0.2, 0.25) is 0 Å². The Morgan fingerprint density at radius 2 is 1.48 bits per heavy atom. The zero-order chi connectivity index (χ0) is 18.7. The van der Waals surface area contributed by atoms with Crippen molar-refractivity contribution < 1.29 is 51.0 Å². The molecular formula is C24H29Cl2Si2Zr. The van der Waals surface area contributed by atoms with Gasteiger partial charge in [-0.15, -0.1) is 33.7 Å². The number of rotatable bonds is 3. The summed E-state index contributed by atoms with van der Waals surface area (Å²) in [6.07, 6.45) is 7.91. The van der Waals surface area contributed by atoms with E-state index in [4.69, 9.17) is 0 Å². The van der Waals surface area contributed by atoms with Crippen LogP contribution in [0.4, 0.5) is 0 Å². The van der Waals surface area contributed by atoms with Crippen LogP contribution in [0.15, 0.2) is 54.6 Å². The molecule has 0 nitrogen and oxygen atoms in total. The van der Waals surface area contributed by atoms with E-state index in [0.717, 1.165) is 6.42 Å². The fraction of sp³-hybridized carbons (Fsp3) is 0.292. The van der Waals surface area contributed by atoms with E-state index in [1.54, 1.807) is 10.4 Å². The van der Waals surface area contributed by atoms with Crippen LogP contribution < -0.4 is 35.2 Å². The minimum Gasteiger partial charge on any atom is -1.00 e. The van der Waals surface area contributed by atoms with Crippen LogP contribution >= 0.6 is 0 Å². The Kier molecular flexibility index (Phi) is 8.70. The number of benzene rings is 2. The molecule has 0 heterocycles. The number of allylic oxidation sites excluding steroid dienone is 4. The van der Waals surface area contributed by atoms with Gasteiger partial charge in [0, 0.05) is 0 Å². The van der Waals surface area contributed by atoms with Gasteiger partial charge in [-0.05, 0) is 6.42 Å². The summed E-state index contributed by atoms with van der Waals surface area (Å²) in [5, 5.41) is 9.06. The van der Waals surface area contributed by atoms with E-state index in [1.807, 2.05) is 0 Å². The molecule has 0 bridgehead atoms. The normalized spacial score (nSPS) is 13.7. The van der Waals surface area contributed by atoms with Crippen molar-refractivity contribution in [2.75, 3.05) is 0 Å². The van der Waals surface area contributed by atoms with Crippen molar-refractivity contribution in [2.24, 2.45) is 0 Å². The Labute approximate surface area is 209 Å². The van der Waals surface area contributed by atoms with E-state index in [0.29, 0.717) is 0 Å². The van der Waals surface area contributed by atoms with Crippen molar-refractivity contribution in [3.63, 3.8) is 0 Å². The maximum absolute atomic E-state index is 2.47. The van der Waals surface area contributed by atoms with Gasteiger partial charge in [0.25, 0.3) is 0 Å². The number of hydrogen-bond acceptors (Lipinski definition) is 0. The smallest absolute Gasteiger partial charge is 1.00 e. The Bertz CT molecular complexity index is 1080. The number of halogens is 2. The van der Waals surface area contributed by atoms with Crippen LogP contribution in [-0.4, -0.2) is 16.1 Å². The van der Waals surface area contributed by atoms with Gasteiger partial charge in [-0.25, -0.2) is 0 Å². The summed E-state index contributed by atoms with van der Waals surface area (Å²) >= 11 is 0. The molecule has 0 aromatic heterocycles. The molecule has 4 rings (SSSR count). The SMILES string of the molecule is C[Si](C)(C)c1ccc2c([cH-]c3cccc([Si](C)(C)C)c32)c1C1=CC=CC1.[Cl-].[Cl-].[Zr+3]. The predicted molar refractivity (Wildman–Crippen MR) is 125 cm³/mol. The molecule has 0 saturated heterocycles. The summed E-state index contributed by atoms with van der Waals surface area (Å²) < 4.78 is 0. The molecule has 0 spiro atoms. The second-order valence-electron chi connectivity index (χ2n) is 9.69. The summed E-state index contributed by atoms with van der Waals surface area (Å²) in [5.74, 6) is 0. The van der Waals surface area contributed by atoms with Gasteiger partial charge in [0.15, 0.2) is 0 Å². The van der Waals surface area contributed by atoms with Gasteiger partial charge in [0.1, 0.15) is 0 Å². The van der Waals surface area contributed by atoms with Crippen LogP contribution in [0.3, 0.4) is 0 Å². The molecule has 1 radical (unpaired) electrons. The quantitative estimate of drug-likeness (QED) is 0.331. The van der Waals surface area contributed by atoms with Crippen LogP contribution in [0, 0.1) is 0 Å². The fourth-order valence-electron chi connectivity index (χ4n) is 4.36. The zero-order valence-electron chi connectivity index (χ0n) is 18.2. The van der Waals surface area contributed by atoms with Crippen molar-refractivity contribution >= 4 is 53.6 Å². The molecule has 0 saturated carbocycles. The topological polar surface area (TPSA) is 0 Å². The Morgan fingerprint density at radius 3 is 2.03 bits per heavy atom. The van der Waals surface area contributed by atoms with Gasteiger partial charge < -0.3 is 24.8 Å². The second kappa shape index (κ2) is 9.45. The molecule has 0 amide bonds. The van der Waals surface area contributed by atoms with Crippen LogP contribution in [0.2, 0.25) is 39.3 Å². The molecule has 5 heteroatoms. The molecule has 0 N–H and O–H groups in total. The molecule has 0 aliphatic heterocycles. The van der Waals surface area contributed by atoms with Crippen molar-refractivity contribution in [3.8, 4) is 0 Å². The standard InChI is InChI=1S/C24H29Si2.2ClH.Zr/c1-25(2,3)21-13-9-12-18-16-20-19(24(18)21)14-15-22(26(4,5)6)23(20)17-10-7-8-11-17;;;/h7-10,12-16H,11H2,1-6H3;2*1H;/q-1;;;+3/p-2. The van der Waals surface area contributed by atoms with Crippen LogP contribution in [0.1, 0.15) is 12.0 Å². The number of fused-ring (bicyclic) bond motifs is 3. The minimum atomic E-state index is -1.42. The summed E-state index contributed by atoms with van der Waals surface area (Å²) in [6, 6.07) is 14.3. The van der Waals surface area contributed by atoms with Crippen molar-refractivity contribution in [1.29, 1.82) is 0 Å². The van der Waals surface area contributed by atoms with Crippen LogP contribution in [0.5, 0.6) is 0 Å². The van der Waals surface area contributed by atoms with Crippen molar-refractivity contribution in [3.05, 3.63) is 60.2 Å². The van der Waals surface area contributed by atoms with Crippen LogP contribution in [0.25, 0.3) is 27.1 Å². The third kappa shape index (κ3) is 4.80. The third-order valence-electron chi connectivity index (χ3n) is 5.62. The average Bonchev–Trinajstić information content (AvgIpc) is 3.19. The molecule has 0 unspecified atom stereocenters. The van der Waals surface area contributed by atoms with Gasteiger partial charge in [0.05, 0.1) is 16.1 Å². The molecule has 151 valence electrons. The monoisotopic (exact) mass is 533 g/mol. The van der Waals surface area contributed by atoms with Crippen LogP contribution in [-0.2, 0) is 26.2 Å². The molecule has 3 aromatic rings. The average molecular weight is 536 g/mol. The Balaban J connectivity index is 0.00000140. The summed E-state index contributed by atoms with van der Waals surface area (Å²) in [6.45, 7) is 14.8. The summed E-state index contributed by atoms with van der Waals surface area (Å²) in [5.41, 5.74) is 3.03. The van der Waals surface area contributed by atoms with E-state index in [-0.39, 0.29) is 51.0 Å². The molecule has 0 atom stereocenters. The largest absolute Gasteiger partial charge is 3.00 e. The van der Waals surface area contributed by atoms with Gasteiger partial charge in [-0.2, -0.15) is 0 Å². The molecule has 0 fully saturated rings. The molecule has 1 aliphatic carbocycles. The summed E-state index contributed by atoms with van der Waals surface area (Å²) in [4.78, 5) is 0. The first-order chi connectivity index (χ1) is 12.2. The second-order valence-corrected chi connectivity index (χ2v) is 19.8. The Morgan fingerprint density at radius 1 is 0.828 bits per heavy atom. The first-order valence-corrected chi connectivity index (χ1v) is 16.7. The molecule has 3 aromatic carbocycles. The van der Waals surface area contributed by atoms with E-state index in [1.165, 1.54) is 32.7 Å². The first kappa shape index (κ1) is 26.7. The first-order valence-electron chi connectivity index (χ1n) is 9.70. The third-order valence-corrected chi connectivity index (χ3v) is 9.69. The van der Waals surface area contributed by atoms with Gasteiger partial charge in [-0.1, -0.05) is 103 Å². The fourth-order valence-corrected chi connectivity index (χ4v) is 7.62. The van der Waals surface area contributed by atoms with E-state index < -0.39 is 16.1 Å². The molecular weight excluding hydrogens is 507 g/mol. The zero-order valence-corrected chi connectivity index (χ0v) is 24.1. The molecule has 1 aliphatic rings. The maximum atomic E-state index is 2.47. The van der Waals surface area contributed by atoms with E-state index >= 15 is 0 Å². The molecule has 29 heavy (non-hydrogen) atoms. The maximum Gasteiger partial charge on any atom is 3.00 e. The Hall–Kier alpha value is -0.313. The predicted octanol–water partition coefficient (Wildman–Crippen LogP) is 0.151. The van der Waals surface area contributed by atoms with Crippen molar-refractivity contribution in [1.82, 2.24) is 0 Å². The van der Waals surface area contributed by atoms with Gasteiger partial charge >= 0.3 is 26.2 Å². The van der Waals surface area contributed by atoms with Crippen molar-refractivity contribution in [2.45, 2.75) is 45.7 Å². The minimum absolute atomic E-state index is 0. The van der Waals surface area contributed by atoms with E-state index in [9.17, 15) is 0 Å². The van der Waals surface area contributed by atoms with E-state index in [2.05, 4.69) is 93.9 Å². The number of hydrogen-bond donors (Lipinski definition) is 0. The summed E-state index contributed by atoms with van der Waals surface area (Å²) in [7, 11) is -2.82. The van der Waals surface area contributed by atoms with Gasteiger partial charge in [-0.3, -0.25) is 0 Å².